The van der Waals surface area contributed by atoms with Gasteiger partial charge in [0, 0.05) is 57.5 Å². The van der Waals surface area contributed by atoms with Gasteiger partial charge in [0.15, 0.2) is 5.96 Å². The van der Waals surface area contributed by atoms with E-state index in [1.54, 1.807) is 43.3 Å². The zero-order chi connectivity index (χ0) is 45.3. The lowest BCUT2D eigenvalue weighted by molar-refractivity contribution is -0.116. The van der Waals surface area contributed by atoms with Crippen molar-refractivity contribution >= 4 is 81.8 Å². The molecule has 0 saturated heterocycles. The van der Waals surface area contributed by atoms with Crippen LogP contribution in [0.3, 0.4) is 0 Å². The van der Waals surface area contributed by atoms with Crippen LogP contribution in [0.25, 0.3) is 0 Å². The number of thioether (sulfide) groups is 2. The van der Waals surface area contributed by atoms with Gasteiger partial charge in [-0.3, -0.25) is 24.4 Å². The Labute approximate surface area is 371 Å². The summed E-state index contributed by atoms with van der Waals surface area (Å²) in [5, 5.41) is 14.6. The van der Waals surface area contributed by atoms with Crippen LogP contribution in [0.1, 0.15) is 66.7 Å². The van der Waals surface area contributed by atoms with Crippen molar-refractivity contribution in [2.45, 2.75) is 55.7 Å². The number of urea groups is 1. The molecule has 0 heterocycles. The van der Waals surface area contributed by atoms with Crippen molar-refractivity contribution in [3.05, 3.63) is 59.7 Å². The summed E-state index contributed by atoms with van der Waals surface area (Å²) in [6.07, 6.45) is 2.83. The number of hydrogen-bond donors (Lipinski definition) is 11. The third-order valence-corrected chi connectivity index (χ3v) is 10.8. The van der Waals surface area contributed by atoms with Gasteiger partial charge in [-0.05, 0) is 68.7 Å². The molecule has 3 rings (SSSR count). The van der Waals surface area contributed by atoms with Gasteiger partial charge in [-0.25, -0.2) is 4.79 Å². The molecule has 0 aliphatic carbocycles. The second-order valence-corrected chi connectivity index (χ2v) is 15.7. The number of guanidine groups is 1. The number of carbonyl (C=O) groups is 4. The molecule has 5 amide bonds. The molecule has 3 aromatic carbocycles. The van der Waals surface area contributed by atoms with Crippen LogP contribution in [0.5, 0.6) is 11.5 Å². The Morgan fingerprint density at radius 3 is 1.71 bits per heavy atom. The second-order valence-electron chi connectivity index (χ2n) is 13.4. The van der Waals surface area contributed by atoms with Crippen LogP contribution < -0.4 is 70.5 Å². The molecule has 62 heavy (non-hydrogen) atoms. The van der Waals surface area contributed by atoms with E-state index in [1.165, 1.54) is 35.7 Å². The van der Waals surface area contributed by atoms with Crippen molar-refractivity contribution in [3.63, 3.8) is 0 Å². The fourth-order valence-corrected chi connectivity index (χ4v) is 7.37. The molecular weight excluding hydrogens is 835 g/mol. The Balaban J connectivity index is 1.99. The van der Waals surface area contributed by atoms with Gasteiger partial charge in [0.05, 0.1) is 49.5 Å². The second kappa shape index (κ2) is 28.0. The predicted molar refractivity (Wildman–Crippen MR) is 252 cm³/mol. The van der Waals surface area contributed by atoms with Crippen LogP contribution in [0, 0.1) is 0 Å². The highest BCUT2D eigenvalue weighted by Crippen LogP contribution is 2.38. The number of ether oxygens (including phenoxy) is 2. The molecule has 21 heteroatoms. The van der Waals surface area contributed by atoms with Crippen molar-refractivity contribution in [1.29, 1.82) is 0 Å². The molecule has 0 radical (unpaired) electrons. The number of nitrogens with zero attached hydrogens (tertiary/aromatic N) is 2. The number of nitrogens with two attached hydrogens (primary N) is 6. The minimum Gasteiger partial charge on any atom is -0.491 e. The smallest absolute Gasteiger partial charge is 0.319 e. The van der Waals surface area contributed by atoms with E-state index in [1.807, 2.05) is 6.92 Å². The monoisotopic (exact) mass is 895 g/mol. The summed E-state index contributed by atoms with van der Waals surface area (Å²) in [5.41, 5.74) is 35.6. The molecule has 17 N–H and O–H groups in total. The summed E-state index contributed by atoms with van der Waals surface area (Å²) >= 11 is 2.82. The predicted octanol–water partition coefficient (Wildman–Crippen LogP) is 3.69. The average Bonchev–Trinajstić information content (AvgIpc) is 3.23. The molecule has 3 aromatic rings. The molecular formula is C41H61N13O6S2. The molecule has 0 saturated carbocycles. The number of rotatable bonds is 27. The number of carbonyl (C=O) groups excluding carboxylic acids is 4. The van der Waals surface area contributed by atoms with E-state index in [9.17, 15) is 19.2 Å². The summed E-state index contributed by atoms with van der Waals surface area (Å²) in [6, 6.07) is 12.7. The molecule has 0 aliphatic heterocycles. The third-order valence-electron chi connectivity index (χ3n) is 8.27. The Morgan fingerprint density at radius 2 is 1.19 bits per heavy atom. The fraction of sp³-hybridized carbons (Fsp3) is 0.415. The summed E-state index contributed by atoms with van der Waals surface area (Å²) in [5.74, 6) is 0.429. The molecule has 19 nitrogen and oxygen atoms in total. The number of unbranched alkanes of at least 4 members (excludes halogenated alkanes) is 1. The number of amides is 5. The van der Waals surface area contributed by atoms with Gasteiger partial charge in [-0.2, -0.15) is 0 Å². The number of aliphatic imine (C=N–C) groups is 2. The highest BCUT2D eigenvalue weighted by atomic mass is 32.2. The SMILES string of the molecule is CCCSc1c(NC(=O)NCCCN=C(C)N)cccc1NC(=O)c1cc(C(=O)Nc2cccc(NC(=O)CCCCN=C(N)N)c2SCCN)c(OCCN)cc1OCCN. The highest BCUT2D eigenvalue weighted by molar-refractivity contribution is 7.99. The Morgan fingerprint density at radius 1 is 0.661 bits per heavy atom. The molecule has 0 aliphatic rings. The van der Waals surface area contributed by atoms with E-state index in [0.29, 0.717) is 95.3 Å². The average molecular weight is 896 g/mol. The zero-order valence-corrected chi connectivity index (χ0v) is 37.0. The lowest BCUT2D eigenvalue weighted by Crippen LogP contribution is -2.30. The van der Waals surface area contributed by atoms with E-state index < -0.39 is 17.8 Å². The molecule has 0 fully saturated rings. The van der Waals surface area contributed by atoms with Crippen molar-refractivity contribution in [3.8, 4) is 11.5 Å². The molecule has 0 atom stereocenters. The maximum absolute atomic E-state index is 14.3. The molecule has 0 spiro atoms. The van der Waals surface area contributed by atoms with E-state index in [2.05, 4.69) is 36.6 Å². The largest absolute Gasteiger partial charge is 0.491 e. The van der Waals surface area contributed by atoms with Crippen LogP contribution in [-0.2, 0) is 4.79 Å². The number of hydrogen-bond acceptors (Lipinski definition) is 13. The Hall–Kier alpha value is -5.74. The number of benzene rings is 3. The van der Waals surface area contributed by atoms with E-state index in [-0.39, 0.29) is 67.2 Å². The van der Waals surface area contributed by atoms with Crippen molar-refractivity contribution in [1.82, 2.24) is 5.32 Å². The van der Waals surface area contributed by atoms with Gasteiger partial charge >= 0.3 is 6.03 Å². The first kappa shape index (κ1) is 50.6. The quantitative estimate of drug-likeness (QED) is 0.0225. The number of nitrogens with one attached hydrogen (secondary N) is 5. The number of amidine groups is 1. The van der Waals surface area contributed by atoms with Gasteiger partial charge in [0.25, 0.3) is 11.8 Å². The Kier molecular flexibility index (Phi) is 22.8. The Bertz CT molecular complexity index is 1870. The lowest BCUT2D eigenvalue weighted by Gasteiger charge is -2.20. The van der Waals surface area contributed by atoms with Crippen LogP contribution in [0.2, 0.25) is 0 Å². The van der Waals surface area contributed by atoms with Crippen molar-refractivity contribution in [2.75, 3.05) is 85.3 Å². The summed E-state index contributed by atoms with van der Waals surface area (Å²) in [4.78, 5) is 63.8. The molecule has 338 valence electrons. The van der Waals surface area contributed by atoms with Gasteiger partial charge < -0.3 is 70.5 Å². The summed E-state index contributed by atoms with van der Waals surface area (Å²) in [6.45, 7) is 5.72. The van der Waals surface area contributed by atoms with Crippen molar-refractivity contribution in [2.24, 2.45) is 44.4 Å². The third kappa shape index (κ3) is 17.3. The first-order chi connectivity index (χ1) is 29.9. The van der Waals surface area contributed by atoms with Crippen LogP contribution >= 0.6 is 23.5 Å². The minimum absolute atomic E-state index is 0.00534. The zero-order valence-electron chi connectivity index (χ0n) is 35.3. The lowest BCUT2D eigenvalue weighted by atomic mass is 10.1. The van der Waals surface area contributed by atoms with Crippen molar-refractivity contribution < 1.29 is 28.7 Å². The van der Waals surface area contributed by atoms with Crippen LogP contribution in [0.15, 0.2) is 68.3 Å². The number of anilines is 4. The fourth-order valence-electron chi connectivity index (χ4n) is 5.54. The van der Waals surface area contributed by atoms with E-state index >= 15 is 0 Å². The maximum atomic E-state index is 14.3. The topological polar surface area (TPSA) is 328 Å². The highest BCUT2D eigenvalue weighted by Gasteiger charge is 2.25. The molecule has 0 bridgehead atoms. The minimum atomic E-state index is -0.615. The first-order valence-corrected chi connectivity index (χ1v) is 22.2. The maximum Gasteiger partial charge on any atom is 0.319 e. The van der Waals surface area contributed by atoms with Gasteiger partial charge in [0.1, 0.15) is 24.7 Å². The first-order valence-electron chi connectivity index (χ1n) is 20.3. The van der Waals surface area contributed by atoms with E-state index in [0.717, 1.165) is 6.42 Å². The summed E-state index contributed by atoms with van der Waals surface area (Å²) in [7, 11) is 0. The summed E-state index contributed by atoms with van der Waals surface area (Å²) < 4.78 is 11.9. The standard InChI is InChI=1S/C41H61N13O6S2/c1-3-22-61-37-31(11-7-12-32(37)54-41(58)50-19-8-18-48-26(2)45)53-39(57)28-24-27(33(59-20-14-42)25-34(28)60-21-15-43)38(56)52-30-10-6-9-29(36(30)62-23-16-44)51-35(55)13-4-5-17-49-40(46)47/h6-7,9-12,24-25H,3-5,8,13-23,42-44H2,1-2H3,(H2,45,48)(H,51,55)(H,52,56)(H,53,57)(H4,46,47,49)(H2,50,54,58). The van der Waals surface area contributed by atoms with E-state index in [4.69, 9.17) is 43.9 Å². The molecule has 0 aromatic heterocycles. The normalized spacial score (nSPS) is 11.0. The van der Waals surface area contributed by atoms with Crippen LogP contribution in [0.4, 0.5) is 27.5 Å². The van der Waals surface area contributed by atoms with Gasteiger partial charge in [0.2, 0.25) is 5.91 Å². The van der Waals surface area contributed by atoms with Gasteiger partial charge in [-0.15, -0.1) is 23.5 Å². The van der Waals surface area contributed by atoms with Gasteiger partial charge in [-0.1, -0.05) is 19.1 Å². The van der Waals surface area contributed by atoms with Crippen LogP contribution in [-0.4, -0.2) is 99.5 Å². The molecule has 0 unspecified atom stereocenters.